The molecule has 0 fully saturated rings. The van der Waals surface area contributed by atoms with Gasteiger partial charge in [-0.1, -0.05) is 6.92 Å². The Morgan fingerprint density at radius 2 is 2.29 bits per heavy atom. The molecule has 0 radical (unpaired) electrons. The van der Waals surface area contributed by atoms with Crippen LogP contribution in [-0.4, -0.2) is 17.4 Å². The van der Waals surface area contributed by atoms with Gasteiger partial charge in [-0.2, -0.15) is 5.26 Å². The number of hydrogen-bond donors (Lipinski definition) is 0. The fourth-order valence-corrected chi connectivity index (χ4v) is 1.54. The molecule has 1 atom stereocenters. The molecule has 1 amide bonds. The molecule has 1 heterocycles. The molecule has 1 aromatic heterocycles. The molecule has 1 aromatic rings. The van der Waals surface area contributed by atoms with Crippen LogP contribution in [0, 0.1) is 16.7 Å². The van der Waals surface area contributed by atoms with Gasteiger partial charge in [-0.25, -0.2) is 0 Å². The van der Waals surface area contributed by atoms with Crippen molar-refractivity contribution >= 4 is 5.91 Å². The van der Waals surface area contributed by atoms with Gasteiger partial charge in [0.25, 0.3) is 0 Å². The summed E-state index contributed by atoms with van der Waals surface area (Å²) in [6.07, 6.45) is 2.09. The highest BCUT2D eigenvalue weighted by atomic mass is 16.3. The maximum absolute atomic E-state index is 12.2. The third-order valence-electron chi connectivity index (χ3n) is 3.02. The predicted molar refractivity (Wildman–Crippen MR) is 63.8 cm³/mol. The molecule has 0 saturated carbocycles. The third kappa shape index (κ3) is 2.88. The lowest BCUT2D eigenvalue weighted by Gasteiger charge is -2.27. The number of rotatable bonds is 5. The van der Waals surface area contributed by atoms with E-state index in [2.05, 4.69) is 6.07 Å². The van der Waals surface area contributed by atoms with E-state index in [1.54, 1.807) is 24.2 Å². The molecule has 0 aliphatic heterocycles. The van der Waals surface area contributed by atoms with Crippen LogP contribution in [0.1, 0.15) is 33.0 Å². The quantitative estimate of drug-likeness (QED) is 0.786. The first-order valence-corrected chi connectivity index (χ1v) is 5.80. The summed E-state index contributed by atoms with van der Waals surface area (Å²) in [6.45, 7) is 6.41. The smallest absolute Gasteiger partial charge is 0.243 e. The summed E-state index contributed by atoms with van der Waals surface area (Å²) in [5.74, 6) is 0.595. The van der Waals surface area contributed by atoms with Crippen molar-refractivity contribution in [2.24, 2.45) is 5.41 Å². The molecule has 0 N–H and O–H groups in total. The summed E-state index contributed by atoms with van der Waals surface area (Å²) in [5, 5.41) is 9.11. The summed E-state index contributed by atoms with van der Waals surface area (Å²) >= 11 is 0. The Labute approximate surface area is 102 Å². The predicted octanol–water partition coefficient (Wildman–Crippen LogP) is 2.57. The van der Waals surface area contributed by atoms with Crippen LogP contribution in [0.15, 0.2) is 22.8 Å². The number of nitrogens with zero attached hydrogens (tertiary/aromatic N) is 2. The molecule has 17 heavy (non-hydrogen) atoms. The lowest BCUT2D eigenvalue weighted by Crippen LogP contribution is -2.40. The Kier molecular flexibility index (Phi) is 4.33. The highest BCUT2D eigenvalue weighted by Gasteiger charge is 2.34. The molecule has 0 saturated heterocycles. The van der Waals surface area contributed by atoms with E-state index in [9.17, 15) is 4.79 Å². The monoisotopic (exact) mass is 234 g/mol. The van der Waals surface area contributed by atoms with E-state index in [0.717, 1.165) is 5.76 Å². The number of nitriles is 1. The number of carbonyl (C=O) groups excluding carboxylic acids is 1. The van der Waals surface area contributed by atoms with Crippen molar-refractivity contribution in [3.8, 4) is 6.07 Å². The Hall–Kier alpha value is -1.76. The molecule has 4 heteroatoms. The minimum atomic E-state index is -0.942. The maximum atomic E-state index is 12.2. The first kappa shape index (κ1) is 13.3. The van der Waals surface area contributed by atoms with Crippen molar-refractivity contribution < 1.29 is 9.21 Å². The normalized spacial score (nSPS) is 13.8. The standard InChI is InChI=1S/C13H18N2O2/c1-4-13(3,10-14)12(16)15(5-2)9-11-7-6-8-17-11/h6-8H,4-5,9H2,1-3H3. The molecule has 0 bridgehead atoms. The summed E-state index contributed by atoms with van der Waals surface area (Å²) in [5.41, 5.74) is -0.942. The maximum Gasteiger partial charge on any atom is 0.243 e. The van der Waals surface area contributed by atoms with Crippen molar-refractivity contribution in [2.45, 2.75) is 33.7 Å². The van der Waals surface area contributed by atoms with Crippen molar-refractivity contribution in [3.05, 3.63) is 24.2 Å². The minimum Gasteiger partial charge on any atom is -0.467 e. The van der Waals surface area contributed by atoms with Gasteiger partial charge in [0.2, 0.25) is 5.91 Å². The molecule has 0 aliphatic rings. The lowest BCUT2D eigenvalue weighted by atomic mass is 9.87. The van der Waals surface area contributed by atoms with E-state index in [1.807, 2.05) is 19.9 Å². The Balaban J connectivity index is 2.81. The molecular weight excluding hydrogens is 216 g/mol. The topological polar surface area (TPSA) is 57.2 Å². The highest BCUT2D eigenvalue weighted by molar-refractivity contribution is 5.84. The van der Waals surface area contributed by atoms with Gasteiger partial charge in [0.1, 0.15) is 11.2 Å². The van der Waals surface area contributed by atoms with E-state index >= 15 is 0 Å². The van der Waals surface area contributed by atoms with Crippen molar-refractivity contribution in [1.82, 2.24) is 4.90 Å². The van der Waals surface area contributed by atoms with Gasteiger partial charge in [-0.15, -0.1) is 0 Å². The fraction of sp³-hybridized carbons (Fsp3) is 0.538. The Morgan fingerprint density at radius 1 is 1.59 bits per heavy atom. The van der Waals surface area contributed by atoms with E-state index in [1.165, 1.54) is 0 Å². The van der Waals surface area contributed by atoms with Crippen molar-refractivity contribution in [3.63, 3.8) is 0 Å². The summed E-state index contributed by atoms with van der Waals surface area (Å²) in [4.78, 5) is 13.9. The molecule has 4 nitrogen and oxygen atoms in total. The lowest BCUT2D eigenvalue weighted by molar-refractivity contribution is -0.139. The molecule has 0 aromatic carbocycles. The van der Waals surface area contributed by atoms with Gasteiger partial charge in [0.05, 0.1) is 18.9 Å². The Bertz CT molecular complexity index is 406. The number of amides is 1. The second kappa shape index (κ2) is 5.53. The molecule has 1 rings (SSSR count). The van der Waals surface area contributed by atoms with Crippen LogP contribution in [0.2, 0.25) is 0 Å². The van der Waals surface area contributed by atoms with Crippen LogP contribution in [0.3, 0.4) is 0 Å². The van der Waals surface area contributed by atoms with E-state index in [0.29, 0.717) is 19.5 Å². The SMILES string of the molecule is CCN(Cc1ccco1)C(=O)C(C)(C#N)CC. The van der Waals surface area contributed by atoms with E-state index in [-0.39, 0.29) is 5.91 Å². The largest absolute Gasteiger partial charge is 0.467 e. The Morgan fingerprint density at radius 3 is 2.71 bits per heavy atom. The van der Waals surface area contributed by atoms with E-state index in [4.69, 9.17) is 9.68 Å². The molecule has 1 unspecified atom stereocenters. The minimum absolute atomic E-state index is 0.138. The first-order valence-electron chi connectivity index (χ1n) is 5.80. The van der Waals surface area contributed by atoms with Crippen LogP contribution >= 0.6 is 0 Å². The number of furan rings is 1. The van der Waals surface area contributed by atoms with Crippen LogP contribution in [0.4, 0.5) is 0 Å². The van der Waals surface area contributed by atoms with Crippen molar-refractivity contribution in [2.75, 3.05) is 6.54 Å². The van der Waals surface area contributed by atoms with Crippen LogP contribution < -0.4 is 0 Å². The summed E-state index contributed by atoms with van der Waals surface area (Å²) in [6, 6.07) is 5.71. The average Bonchev–Trinajstić information content (AvgIpc) is 2.87. The highest BCUT2D eigenvalue weighted by Crippen LogP contribution is 2.24. The second-order valence-corrected chi connectivity index (χ2v) is 4.20. The molecule has 0 aliphatic carbocycles. The van der Waals surface area contributed by atoms with Gasteiger partial charge >= 0.3 is 0 Å². The van der Waals surface area contributed by atoms with Gasteiger partial charge in [-0.3, -0.25) is 4.79 Å². The summed E-state index contributed by atoms with van der Waals surface area (Å²) in [7, 11) is 0. The molecular formula is C13H18N2O2. The van der Waals surface area contributed by atoms with Gasteiger partial charge in [0.15, 0.2) is 0 Å². The van der Waals surface area contributed by atoms with Crippen LogP contribution in [0.25, 0.3) is 0 Å². The first-order chi connectivity index (χ1) is 8.07. The number of carbonyl (C=O) groups is 1. The van der Waals surface area contributed by atoms with Crippen molar-refractivity contribution in [1.29, 1.82) is 5.26 Å². The van der Waals surface area contributed by atoms with Crippen LogP contribution in [-0.2, 0) is 11.3 Å². The van der Waals surface area contributed by atoms with E-state index < -0.39 is 5.41 Å². The second-order valence-electron chi connectivity index (χ2n) is 4.20. The fourth-order valence-electron chi connectivity index (χ4n) is 1.54. The number of hydrogen-bond acceptors (Lipinski definition) is 3. The third-order valence-corrected chi connectivity index (χ3v) is 3.02. The average molecular weight is 234 g/mol. The zero-order chi connectivity index (χ0) is 12.9. The van der Waals surface area contributed by atoms with Gasteiger partial charge < -0.3 is 9.32 Å². The van der Waals surface area contributed by atoms with Gasteiger partial charge in [0, 0.05) is 6.54 Å². The zero-order valence-corrected chi connectivity index (χ0v) is 10.6. The molecule has 0 spiro atoms. The molecule has 92 valence electrons. The summed E-state index contributed by atoms with van der Waals surface area (Å²) < 4.78 is 5.22. The van der Waals surface area contributed by atoms with Gasteiger partial charge in [-0.05, 0) is 32.4 Å². The zero-order valence-electron chi connectivity index (χ0n) is 10.6. The van der Waals surface area contributed by atoms with Crippen LogP contribution in [0.5, 0.6) is 0 Å².